The van der Waals surface area contributed by atoms with Crippen molar-refractivity contribution >= 4 is 24.6 Å². The summed E-state index contributed by atoms with van der Waals surface area (Å²) >= 11 is 0. The van der Waals surface area contributed by atoms with Gasteiger partial charge in [0.25, 0.3) is 0 Å². The predicted octanol–water partition coefficient (Wildman–Crippen LogP) is 7.61. The molecular weight excluding hydrogens is 321 g/mol. The van der Waals surface area contributed by atoms with E-state index >= 15 is 0 Å². The third-order valence-corrected chi connectivity index (χ3v) is 6.91. The fourth-order valence-corrected chi connectivity index (χ4v) is 5.11. The molecule has 0 nitrogen and oxygen atoms in total. The molecule has 3 aromatic rings. The van der Waals surface area contributed by atoms with Crippen LogP contribution < -0.4 is 0 Å². The van der Waals surface area contributed by atoms with Crippen LogP contribution in [0.25, 0.3) is 11.1 Å². The van der Waals surface area contributed by atoms with E-state index in [0.29, 0.717) is 0 Å². The molecule has 0 aliphatic heterocycles. The SMILES string of the molecule is Cc1ccc(-c2ccc(Cc3ccc(C)pc3C)pc2)cp1. The predicted molar refractivity (Wildman–Crippen MR) is 103 cm³/mol. The summed E-state index contributed by atoms with van der Waals surface area (Å²) in [7, 11) is 4.05. The standard InChI is InChI=1S/C19H19P3/c1-13-4-7-17(11-20-13)18-8-9-19(21-12-18)10-16-6-5-14(2)22-15(16)3/h4-9,11-12H,10H2,1-3H3. The second-order valence-electron chi connectivity index (χ2n) is 5.60. The summed E-state index contributed by atoms with van der Waals surface area (Å²) in [5.74, 6) is 4.65. The van der Waals surface area contributed by atoms with Crippen LogP contribution in [0.2, 0.25) is 0 Å². The lowest BCUT2D eigenvalue weighted by Gasteiger charge is -2.07. The smallest absolute Gasteiger partial charge is 0.00240 e. The van der Waals surface area contributed by atoms with E-state index in [9.17, 15) is 0 Å². The van der Waals surface area contributed by atoms with Gasteiger partial charge in [-0.15, -0.1) is 0 Å². The highest BCUT2D eigenvalue weighted by Gasteiger charge is 2.03. The Morgan fingerprint density at radius 3 is 2.00 bits per heavy atom. The topological polar surface area (TPSA) is 0 Å². The normalized spacial score (nSPS) is 11.8. The molecule has 3 aromatic heterocycles. The van der Waals surface area contributed by atoms with Crippen molar-refractivity contribution in [1.82, 2.24) is 0 Å². The van der Waals surface area contributed by atoms with Gasteiger partial charge >= 0.3 is 0 Å². The maximum absolute atomic E-state index is 2.35. The molecule has 3 rings (SSSR count). The van der Waals surface area contributed by atoms with E-state index in [-0.39, 0.29) is 0 Å². The van der Waals surface area contributed by atoms with Gasteiger partial charge in [-0.1, -0.05) is 61.0 Å². The highest BCUT2D eigenvalue weighted by Crippen LogP contribution is 2.31. The maximum atomic E-state index is 2.35. The Labute approximate surface area is 137 Å². The maximum Gasteiger partial charge on any atom is 0.00240 e. The molecule has 0 aliphatic carbocycles. The fourth-order valence-electron chi connectivity index (χ4n) is 2.44. The zero-order valence-electron chi connectivity index (χ0n) is 13.2. The van der Waals surface area contributed by atoms with Crippen LogP contribution in [0.15, 0.2) is 48.0 Å². The summed E-state index contributed by atoms with van der Waals surface area (Å²) in [6.07, 6.45) is 1.07. The molecule has 3 heteroatoms. The first-order valence-corrected chi connectivity index (χ1v) is 10.2. The fraction of sp³-hybridized carbons (Fsp3) is 0.211. The monoisotopic (exact) mass is 340 g/mol. The second-order valence-corrected chi connectivity index (χ2v) is 9.51. The first-order valence-electron chi connectivity index (χ1n) is 7.43. The molecule has 0 N–H and O–H groups in total. The molecule has 0 bridgehead atoms. The van der Waals surface area contributed by atoms with Gasteiger partial charge in [-0.05, 0) is 70.2 Å². The average Bonchev–Trinajstić information content (AvgIpc) is 2.52. The van der Waals surface area contributed by atoms with Gasteiger partial charge in [-0.3, -0.25) is 0 Å². The van der Waals surface area contributed by atoms with E-state index in [1.807, 2.05) is 0 Å². The Kier molecular flexibility index (Phi) is 5.05. The molecular formula is C19H19P3. The zero-order chi connectivity index (χ0) is 15.5. The van der Waals surface area contributed by atoms with Gasteiger partial charge < -0.3 is 0 Å². The minimum Gasteiger partial charge on any atom is -0.0726 e. The summed E-state index contributed by atoms with van der Waals surface area (Å²) in [6.45, 7) is 6.63. The highest BCUT2D eigenvalue weighted by molar-refractivity contribution is 7.32. The van der Waals surface area contributed by atoms with Crippen molar-refractivity contribution in [3.8, 4) is 11.1 Å². The summed E-state index contributed by atoms with van der Waals surface area (Å²) < 4.78 is 0. The van der Waals surface area contributed by atoms with E-state index in [1.54, 1.807) is 0 Å². The lowest BCUT2D eigenvalue weighted by Crippen LogP contribution is -1.88. The molecule has 3 heterocycles. The zero-order valence-corrected chi connectivity index (χ0v) is 15.9. The van der Waals surface area contributed by atoms with Gasteiger partial charge in [-0.25, -0.2) is 0 Å². The molecule has 0 amide bonds. The van der Waals surface area contributed by atoms with E-state index in [0.717, 1.165) is 6.42 Å². The average molecular weight is 340 g/mol. The van der Waals surface area contributed by atoms with Gasteiger partial charge in [0.1, 0.15) is 0 Å². The molecule has 0 aromatic carbocycles. The van der Waals surface area contributed by atoms with Crippen molar-refractivity contribution in [2.75, 3.05) is 0 Å². The Bertz CT molecular complexity index is 775. The first kappa shape index (κ1) is 15.8. The van der Waals surface area contributed by atoms with Gasteiger partial charge in [0.15, 0.2) is 0 Å². The van der Waals surface area contributed by atoms with Crippen molar-refractivity contribution in [3.63, 3.8) is 0 Å². The Morgan fingerprint density at radius 1 is 0.727 bits per heavy atom. The molecule has 0 spiro atoms. The molecule has 0 unspecified atom stereocenters. The van der Waals surface area contributed by atoms with Gasteiger partial charge in [0.2, 0.25) is 0 Å². The lowest BCUT2D eigenvalue weighted by atomic mass is 10.1. The first-order chi connectivity index (χ1) is 10.6. The molecule has 22 heavy (non-hydrogen) atoms. The van der Waals surface area contributed by atoms with Crippen LogP contribution in [0.5, 0.6) is 0 Å². The van der Waals surface area contributed by atoms with Crippen molar-refractivity contribution in [3.05, 3.63) is 74.7 Å². The quantitative estimate of drug-likeness (QED) is 0.460. The van der Waals surface area contributed by atoms with E-state index in [4.69, 9.17) is 0 Å². The van der Waals surface area contributed by atoms with Crippen LogP contribution in [0.3, 0.4) is 0 Å². The van der Waals surface area contributed by atoms with Crippen molar-refractivity contribution in [2.24, 2.45) is 0 Å². The molecule has 0 radical (unpaired) electrons. The Hall–Kier alpha value is -1.05. The largest absolute Gasteiger partial charge is 0.0726 e. The van der Waals surface area contributed by atoms with Gasteiger partial charge in [0.05, 0.1) is 0 Å². The number of rotatable bonds is 3. The summed E-state index contributed by atoms with van der Waals surface area (Å²) in [5, 5.41) is 5.82. The van der Waals surface area contributed by atoms with E-state index in [1.165, 1.54) is 62.4 Å². The Morgan fingerprint density at radius 2 is 1.41 bits per heavy atom. The van der Waals surface area contributed by atoms with Crippen LogP contribution in [-0.2, 0) is 6.42 Å². The molecule has 110 valence electrons. The van der Waals surface area contributed by atoms with Crippen LogP contribution in [0.4, 0.5) is 0 Å². The number of aryl methyl sites for hydroxylation is 3. The Balaban J connectivity index is 1.80. The van der Waals surface area contributed by atoms with Gasteiger partial charge in [0, 0.05) is 6.42 Å². The van der Waals surface area contributed by atoms with Crippen LogP contribution in [0.1, 0.15) is 26.7 Å². The van der Waals surface area contributed by atoms with Crippen molar-refractivity contribution in [1.29, 1.82) is 0 Å². The van der Waals surface area contributed by atoms with Crippen LogP contribution in [0, 0.1) is 20.8 Å². The van der Waals surface area contributed by atoms with Crippen LogP contribution >= 0.6 is 24.6 Å². The minimum absolute atomic E-state index is 1.07. The molecule has 0 fully saturated rings. The molecule has 0 aliphatic rings. The minimum atomic E-state index is 1.07. The number of hydrogen-bond donors (Lipinski definition) is 0. The molecule has 0 saturated carbocycles. The summed E-state index contributed by atoms with van der Waals surface area (Å²) in [6, 6.07) is 13.6. The molecule has 0 atom stereocenters. The van der Waals surface area contributed by atoms with Crippen molar-refractivity contribution in [2.45, 2.75) is 27.2 Å². The van der Waals surface area contributed by atoms with Crippen molar-refractivity contribution < 1.29 is 0 Å². The molecule has 0 saturated heterocycles. The lowest BCUT2D eigenvalue weighted by molar-refractivity contribution is 1.21. The third kappa shape index (κ3) is 3.83. The van der Waals surface area contributed by atoms with E-state index in [2.05, 4.69) is 68.8 Å². The summed E-state index contributed by atoms with van der Waals surface area (Å²) in [5.41, 5.74) is 4.19. The van der Waals surface area contributed by atoms with Crippen LogP contribution in [-0.4, -0.2) is 0 Å². The number of hydrogen-bond acceptors (Lipinski definition) is 0. The third-order valence-electron chi connectivity index (χ3n) is 3.78. The summed E-state index contributed by atoms with van der Waals surface area (Å²) in [4.78, 5) is 0. The van der Waals surface area contributed by atoms with E-state index < -0.39 is 0 Å². The highest BCUT2D eigenvalue weighted by atomic mass is 31.0. The second kappa shape index (κ2) is 7.02. The van der Waals surface area contributed by atoms with Gasteiger partial charge in [-0.2, -0.15) is 0 Å².